The molecule has 0 bridgehead atoms. The van der Waals surface area contributed by atoms with E-state index in [2.05, 4.69) is 10.6 Å². The highest BCUT2D eigenvalue weighted by molar-refractivity contribution is 5.92. The standard InChI is InChI=1S/C22H30N4O2/c1-16-7-6-8-20(17(16)2)24-22(28)15-26(5)14-21(27)23-13-18-9-11-19(12-10-18)25(3)4/h6-12H,13-15H2,1-5H3,(H,23,27)(H,24,28)/p+1. The Kier molecular flexibility index (Phi) is 7.58. The Morgan fingerprint density at radius 3 is 2.25 bits per heavy atom. The highest BCUT2D eigenvalue weighted by atomic mass is 16.2. The Morgan fingerprint density at radius 1 is 0.964 bits per heavy atom. The van der Waals surface area contributed by atoms with E-state index in [1.807, 2.05) is 82.4 Å². The number of rotatable bonds is 8. The maximum absolute atomic E-state index is 12.3. The molecule has 2 aromatic rings. The summed E-state index contributed by atoms with van der Waals surface area (Å²) in [6.45, 7) is 4.96. The Bertz CT molecular complexity index is 816. The lowest BCUT2D eigenvalue weighted by atomic mass is 10.1. The summed E-state index contributed by atoms with van der Waals surface area (Å²) in [7, 11) is 5.83. The first-order valence-electron chi connectivity index (χ1n) is 9.46. The monoisotopic (exact) mass is 383 g/mol. The normalized spacial score (nSPS) is 11.6. The van der Waals surface area contributed by atoms with E-state index >= 15 is 0 Å². The number of nitrogens with zero attached hydrogens (tertiary/aromatic N) is 1. The molecule has 6 nitrogen and oxygen atoms in total. The first-order chi connectivity index (χ1) is 13.3. The quantitative estimate of drug-likeness (QED) is 0.641. The van der Waals surface area contributed by atoms with Crippen molar-refractivity contribution < 1.29 is 14.5 Å². The highest BCUT2D eigenvalue weighted by Crippen LogP contribution is 2.17. The zero-order chi connectivity index (χ0) is 20.7. The zero-order valence-corrected chi connectivity index (χ0v) is 17.4. The highest BCUT2D eigenvalue weighted by Gasteiger charge is 2.15. The molecule has 0 aliphatic rings. The molecule has 0 spiro atoms. The molecular weight excluding hydrogens is 352 g/mol. The van der Waals surface area contributed by atoms with Crippen molar-refractivity contribution in [3.05, 3.63) is 59.2 Å². The third-order valence-corrected chi connectivity index (χ3v) is 4.75. The molecule has 1 atom stereocenters. The average Bonchev–Trinajstić information content (AvgIpc) is 2.64. The van der Waals surface area contributed by atoms with Crippen LogP contribution >= 0.6 is 0 Å². The second-order valence-electron chi connectivity index (χ2n) is 7.44. The molecular formula is C22H31N4O2+. The summed E-state index contributed by atoms with van der Waals surface area (Å²) in [5.74, 6) is -0.174. The number of carbonyl (C=O) groups excluding carboxylic acids is 2. The fourth-order valence-electron chi connectivity index (χ4n) is 2.87. The van der Waals surface area contributed by atoms with Crippen molar-refractivity contribution in [3.8, 4) is 0 Å². The van der Waals surface area contributed by atoms with Crippen molar-refractivity contribution in [1.29, 1.82) is 0 Å². The lowest BCUT2D eigenvalue weighted by Gasteiger charge is -2.15. The number of carbonyl (C=O) groups is 2. The summed E-state index contributed by atoms with van der Waals surface area (Å²) in [5.41, 5.74) is 5.19. The van der Waals surface area contributed by atoms with Crippen LogP contribution in [0.4, 0.5) is 11.4 Å². The first-order valence-corrected chi connectivity index (χ1v) is 9.46. The number of benzene rings is 2. The van der Waals surface area contributed by atoms with Crippen molar-refractivity contribution in [3.63, 3.8) is 0 Å². The van der Waals surface area contributed by atoms with Crippen LogP contribution in [0.1, 0.15) is 16.7 Å². The van der Waals surface area contributed by atoms with E-state index in [-0.39, 0.29) is 24.9 Å². The zero-order valence-electron chi connectivity index (χ0n) is 17.4. The van der Waals surface area contributed by atoms with E-state index in [9.17, 15) is 9.59 Å². The molecule has 2 rings (SSSR count). The van der Waals surface area contributed by atoms with Gasteiger partial charge in [-0.25, -0.2) is 0 Å². The molecule has 150 valence electrons. The van der Waals surface area contributed by atoms with E-state index in [4.69, 9.17) is 0 Å². The number of amides is 2. The Hall–Kier alpha value is -2.86. The molecule has 0 radical (unpaired) electrons. The van der Waals surface area contributed by atoms with Gasteiger partial charge in [0.1, 0.15) is 0 Å². The van der Waals surface area contributed by atoms with Crippen LogP contribution in [0.5, 0.6) is 0 Å². The molecule has 0 saturated heterocycles. The summed E-state index contributed by atoms with van der Waals surface area (Å²) in [6, 6.07) is 13.9. The topological polar surface area (TPSA) is 65.9 Å². The second-order valence-corrected chi connectivity index (χ2v) is 7.44. The van der Waals surface area contributed by atoms with Crippen molar-refractivity contribution in [1.82, 2.24) is 5.32 Å². The fourth-order valence-corrected chi connectivity index (χ4v) is 2.87. The predicted molar refractivity (Wildman–Crippen MR) is 114 cm³/mol. The third kappa shape index (κ3) is 6.39. The number of nitrogens with one attached hydrogen (secondary N) is 3. The van der Waals surface area contributed by atoms with Crippen LogP contribution in [0.25, 0.3) is 0 Å². The molecule has 0 fully saturated rings. The van der Waals surface area contributed by atoms with Gasteiger partial charge >= 0.3 is 0 Å². The van der Waals surface area contributed by atoms with Gasteiger partial charge in [-0.2, -0.15) is 0 Å². The summed E-state index contributed by atoms with van der Waals surface area (Å²) in [6.07, 6.45) is 0. The molecule has 0 aliphatic carbocycles. The molecule has 0 heterocycles. The molecule has 3 N–H and O–H groups in total. The van der Waals surface area contributed by atoms with Gasteiger partial charge in [0.15, 0.2) is 13.1 Å². The lowest BCUT2D eigenvalue weighted by molar-refractivity contribution is -0.862. The molecule has 0 saturated carbocycles. The summed E-state index contributed by atoms with van der Waals surface area (Å²) in [4.78, 5) is 27.3. The van der Waals surface area contributed by atoms with Gasteiger partial charge in [-0.15, -0.1) is 0 Å². The van der Waals surface area contributed by atoms with Crippen LogP contribution in [0.15, 0.2) is 42.5 Å². The summed E-state index contributed by atoms with van der Waals surface area (Å²) >= 11 is 0. The molecule has 2 amide bonds. The minimum Gasteiger partial charge on any atom is -0.378 e. The number of likely N-dealkylation sites (N-methyl/N-ethyl adjacent to an activating group) is 1. The summed E-state index contributed by atoms with van der Waals surface area (Å²) < 4.78 is 0. The van der Waals surface area contributed by atoms with Crippen LogP contribution in [-0.4, -0.2) is 46.0 Å². The molecule has 28 heavy (non-hydrogen) atoms. The Balaban J connectivity index is 1.77. The Labute approximate surface area is 167 Å². The minimum atomic E-state index is -0.0988. The number of quaternary nitrogens is 1. The van der Waals surface area contributed by atoms with Gasteiger partial charge in [0.2, 0.25) is 0 Å². The van der Waals surface area contributed by atoms with Crippen LogP contribution < -0.4 is 20.4 Å². The molecule has 0 aliphatic heterocycles. The van der Waals surface area contributed by atoms with E-state index in [1.54, 1.807) is 0 Å². The van der Waals surface area contributed by atoms with Crippen LogP contribution in [0, 0.1) is 13.8 Å². The maximum Gasteiger partial charge on any atom is 0.279 e. The maximum atomic E-state index is 12.3. The van der Waals surface area contributed by atoms with Crippen LogP contribution in [0.3, 0.4) is 0 Å². The number of aryl methyl sites for hydroxylation is 1. The summed E-state index contributed by atoms with van der Waals surface area (Å²) in [5, 5.41) is 5.84. The van der Waals surface area contributed by atoms with Crippen molar-refractivity contribution in [2.45, 2.75) is 20.4 Å². The van der Waals surface area contributed by atoms with E-state index in [1.165, 1.54) is 0 Å². The smallest absolute Gasteiger partial charge is 0.279 e. The van der Waals surface area contributed by atoms with E-state index < -0.39 is 0 Å². The number of anilines is 2. The van der Waals surface area contributed by atoms with Gasteiger partial charge in [0, 0.05) is 32.0 Å². The van der Waals surface area contributed by atoms with Gasteiger partial charge in [0.05, 0.1) is 7.05 Å². The fraction of sp³-hybridized carbons (Fsp3) is 0.364. The number of hydrogen-bond donors (Lipinski definition) is 3. The van der Waals surface area contributed by atoms with E-state index in [0.29, 0.717) is 6.54 Å². The average molecular weight is 384 g/mol. The van der Waals surface area contributed by atoms with Crippen LogP contribution in [0.2, 0.25) is 0 Å². The van der Waals surface area contributed by atoms with Crippen molar-refractivity contribution >= 4 is 23.2 Å². The van der Waals surface area contributed by atoms with Gasteiger partial charge in [-0.3, -0.25) is 9.59 Å². The molecule has 1 unspecified atom stereocenters. The van der Waals surface area contributed by atoms with E-state index in [0.717, 1.165) is 33.0 Å². The van der Waals surface area contributed by atoms with Crippen molar-refractivity contribution in [2.75, 3.05) is 44.4 Å². The minimum absolute atomic E-state index is 0.0753. The largest absolute Gasteiger partial charge is 0.378 e. The third-order valence-electron chi connectivity index (χ3n) is 4.75. The first kappa shape index (κ1) is 21.4. The molecule has 6 heteroatoms. The SMILES string of the molecule is Cc1cccc(NC(=O)C[NH+](C)CC(=O)NCc2ccc(N(C)C)cc2)c1C. The van der Waals surface area contributed by atoms with Gasteiger partial charge in [-0.1, -0.05) is 24.3 Å². The van der Waals surface area contributed by atoms with Gasteiger partial charge in [0.25, 0.3) is 11.8 Å². The predicted octanol–water partition coefficient (Wildman–Crippen LogP) is 1.14. The Morgan fingerprint density at radius 2 is 1.61 bits per heavy atom. The lowest BCUT2D eigenvalue weighted by Crippen LogP contribution is -3.11. The van der Waals surface area contributed by atoms with Crippen LogP contribution in [-0.2, 0) is 16.1 Å². The van der Waals surface area contributed by atoms with Gasteiger partial charge < -0.3 is 20.4 Å². The van der Waals surface area contributed by atoms with Crippen molar-refractivity contribution in [2.24, 2.45) is 0 Å². The second kappa shape index (κ2) is 9.90. The number of hydrogen-bond acceptors (Lipinski definition) is 3. The molecule has 0 aromatic heterocycles. The van der Waals surface area contributed by atoms with Gasteiger partial charge in [-0.05, 0) is 48.7 Å². The molecule has 2 aromatic carbocycles.